The van der Waals surface area contributed by atoms with Crippen LogP contribution in [-0.4, -0.2) is 69.7 Å². The molecule has 4 heterocycles. The van der Waals surface area contributed by atoms with Crippen LogP contribution in [0.5, 0.6) is 0 Å². The molecule has 2 aliphatic heterocycles. The summed E-state index contributed by atoms with van der Waals surface area (Å²) in [5, 5.41) is 14.8. The van der Waals surface area contributed by atoms with Gasteiger partial charge in [-0.25, -0.2) is 9.37 Å². The summed E-state index contributed by atoms with van der Waals surface area (Å²) >= 11 is 6.03. The second-order valence-corrected chi connectivity index (χ2v) is 9.62. The Kier molecular flexibility index (Phi) is 6.64. The summed E-state index contributed by atoms with van der Waals surface area (Å²) in [6.45, 7) is 4.67. The van der Waals surface area contributed by atoms with Crippen molar-refractivity contribution in [3.05, 3.63) is 59.1 Å². The smallest absolute Gasteiger partial charge is 0.226 e. The van der Waals surface area contributed by atoms with E-state index in [4.69, 9.17) is 11.6 Å². The lowest BCUT2D eigenvalue weighted by Gasteiger charge is -2.31. The number of carbonyl (C=O) groups is 1. The number of carbonyl (C=O) groups excluding carboxylic acids is 1. The maximum absolute atomic E-state index is 14.3. The van der Waals surface area contributed by atoms with Crippen LogP contribution in [-0.2, 0) is 4.79 Å². The minimum atomic E-state index is -0.429. The number of pyridine rings is 1. The molecule has 2 aliphatic rings. The summed E-state index contributed by atoms with van der Waals surface area (Å²) < 4.78 is 14.3. The first kappa shape index (κ1) is 23.6. The number of nitrogens with one attached hydrogen (secondary N) is 2. The predicted molar refractivity (Wildman–Crippen MR) is 134 cm³/mol. The molecule has 2 N–H and O–H groups in total. The van der Waals surface area contributed by atoms with Gasteiger partial charge in [0.2, 0.25) is 5.91 Å². The SMILES string of the molecule is Cc1nnc(-c2cc(Cl)ccc2F)cc1Nc1ccnc(NC(=O)CCN2CC3CC2CN3C)c1. The van der Waals surface area contributed by atoms with Crippen LogP contribution in [0.3, 0.4) is 0 Å². The van der Waals surface area contributed by atoms with E-state index in [1.165, 1.54) is 24.6 Å². The Balaban J connectivity index is 1.23. The Hall–Kier alpha value is -3.14. The fourth-order valence-electron chi connectivity index (χ4n) is 4.81. The van der Waals surface area contributed by atoms with Gasteiger partial charge >= 0.3 is 0 Å². The minimum absolute atomic E-state index is 0.0637. The lowest BCUT2D eigenvalue weighted by Crippen LogP contribution is -2.45. The molecular weight excluding hydrogens is 469 g/mol. The quantitative estimate of drug-likeness (QED) is 0.510. The molecule has 5 rings (SSSR count). The van der Waals surface area contributed by atoms with Crippen molar-refractivity contribution < 1.29 is 9.18 Å². The predicted octanol–water partition coefficient (Wildman–Crippen LogP) is 4.10. The molecule has 2 atom stereocenters. The van der Waals surface area contributed by atoms with Gasteiger partial charge in [0.1, 0.15) is 11.6 Å². The molecule has 0 aliphatic carbocycles. The molecule has 1 amide bonds. The highest BCUT2D eigenvalue weighted by Crippen LogP contribution is 2.30. The van der Waals surface area contributed by atoms with E-state index in [0.717, 1.165) is 19.6 Å². The number of benzene rings is 1. The molecule has 8 nitrogen and oxygen atoms in total. The third-order valence-electron chi connectivity index (χ3n) is 6.74. The van der Waals surface area contributed by atoms with Crippen LogP contribution in [0.15, 0.2) is 42.6 Å². The second-order valence-electron chi connectivity index (χ2n) is 9.18. The fraction of sp³-hybridized carbons (Fsp3) is 0.360. The number of anilines is 3. The first-order valence-corrected chi connectivity index (χ1v) is 12.0. The zero-order valence-electron chi connectivity index (χ0n) is 19.6. The molecule has 2 unspecified atom stereocenters. The van der Waals surface area contributed by atoms with Gasteiger partial charge in [-0.3, -0.25) is 9.69 Å². The van der Waals surface area contributed by atoms with Gasteiger partial charge in [0.05, 0.1) is 17.1 Å². The van der Waals surface area contributed by atoms with E-state index in [1.807, 2.05) is 0 Å². The van der Waals surface area contributed by atoms with Crippen molar-refractivity contribution >= 4 is 34.7 Å². The second kappa shape index (κ2) is 9.85. The van der Waals surface area contributed by atoms with Gasteiger partial charge in [0.25, 0.3) is 0 Å². The summed E-state index contributed by atoms with van der Waals surface area (Å²) in [4.78, 5) is 21.6. The van der Waals surface area contributed by atoms with E-state index in [9.17, 15) is 9.18 Å². The van der Waals surface area contributed by atoms with E-state index in [0.29, 0.717) is 52.1 Å². The Morgan fingerprint density at radius 1 is 1.17 bits per heavy atom. The summed E-state index contributed by atoms with van der Waals surface area (Å²) in [7, 11) is 2.17. The molecule has 2 aromatic heterocycles. The van der Waals surface area contributed by atoms with Gasteiger partial charge in [-0.15, -0.1) is 0 Å². The van der Waals surface area contributed by atoms with Gasteiger partial charge < -0.3 is 15.5 Å². The Morgan fingerprint density at radius 3 is 2.80 bits per heavy atom. The molecule has 35 heavy (non-hydrogen) atoms. The number of hydrogen-bond acceptors (Lipinski definition) is 7. The molecule has 0 radical (unpaired) electrons. The molecule has 182 valence electrons. The minimum Gasteiger partial charge on any atom is -0.354 e. The monoisotopic (exact) mass is 495 g/mol. The number of aromatic nitrogens is 3. The Bertz CT molecular complexity index is 1250. The lowest BCUT2D eigenvalue weighted by molar-refractivity contribution is -0.116. The number of hydrogen-bond donors (Lipinski definition) is 2. The van der Waals surface area contributed by atoms with E-state index >= 15 is 0 Å². The van der Waals surface area contributed by atoms with Crippen LogP contribution >= 0.6 is 11.6 Å². The topological polar surface area (TPSA) is 86.3 Å². The average Bonchev–Trinajstić information content (AvgIpc) is 3.40. The Morgan fingerprint density at radius 2 is 2.03 bits per heavy atom. The number of piperazine rings is 1. The zero-order chi connectivity index (χ0) is 24.5. The molecule has 2 saturated heterocycles. The van der Waals surface area contributed by atoms with Crippen LogP contribution in [0.25, 0.3) is 11.3 Å². The van der Waals surface area contributed by atoms with Crippen molar-refractivity contribution in [1.82, 2.24) is 25.0 Å². The number of nitrogens with zero attached hydrogens (tertiary/aromatic N) is 5. The molecule has 2 fully saturated rings. The van der Waals surface area contributed by atoms with E-state index < -0.39 is 5.82 Å². The maximum atomic E-state index is 14.3. The van der Waals surface area contributed by atoms with Gasteiger partial charge in [-0.2, -0.15) is 10.2 Å². The number of likely N-dealkylation sites (tertiary alicyclic amines) is 2. The largest absolute Gasteiger partial charge is 0.354 e. The summed E-state index contributed by atoms with van der Waals surface area (Å²) in [5.74, 6) is -0.0316. The number of fused-ring (bicyclic) bond motifs is 2. The summed E-state index contributed by atoms with van der Waals surface area (Å²) in [6, 6.07) is 10.7. The third kappa shape index (κ3) is 5.27. The van der Waals surface area contributed by atoms with Gasteiger partial charge in [-0.1, -0.05) is 11.6 Å². The highest BCUT2D eigenvalue weighted by Gasteiger charge is 2.40. The zero-order valence-corrected chi connectivity index (χ0v) is 20.4. The highest BCUT2D eigenvalue weighted by molar-refractivity contribution is 6.30. The number of halogens is 2. The molecule has 1 aromatic carbocycles. The van der Waals surface area contributed by atoms with Crippen molar-refractivity contribution in [1.29, 1.82) is 0 Å². The Labute approximate surface area is 208 Å². The normalized spacial score (nSPS) is 19.8. The van der Waals surface area contributed by atoms with Gasteiger partial charge in [0, 0.05) is 66.7 Å². The van der Waals surface area contributed by atoms with Gasteiger partial charge in [-0.05, 0) is 50.7 Å². The van der Waals surface area contributed by atoms with Crippen molar-refractivity contribution in [3.8, 4) is 11.3 Å². The number of amides is 1. The van der Waals surface area contributed by atoms with E-state index in [-0.39, 0.29) is 11.5 Å². The maximum Gasteiger partial charge on any atom is 0.226 e. The molecule has 3 aromatic rings. The first-order valence-electron chi connectivity index (χ1n) is 11.6. The molecule has 10 heteroatoms. The van der Waals surface area contributed by atoms with Crippen molar-refractivity contribution in [3.63, 3.8) is 0 Å². The lowest BCUT2D eigenvalue weighted by atomic mass is 10.1. The molecule has 2 bridgehead atoms. The van der Waals surface area contributed by atoms with Crippen LogP contribution in [0.4, 0.5) is 21.6 Å². The number of rotatable bonds is 7. The van der Waals surface area contributed by atoms with Crippen LogP contribution in [0, 0.1) is 12.7 Å². The summed E-state index contributed by atoms with van der Waals surface area (Å²) in [6.07, 6.45) is 3.24. The number of likely N-dealkylation sites (N-methyl/N-ethyl adjacent to an activating group) is 1. The van der Waals surface area contributed by atoms with E-state index in [2.05, 4.69) is 42.7 Å². The molecule has 0 saturated carbocycles. The standard InChI is InChI=1S/C25H27ClFN7O/c1-15-22(12-23(32-31-15)20-9-16(26)3-4-21(20)27)29-17-5-7-28-24(10-17)30-25(35)6-8-34-14-18-11-19(34)13-33(18)2/h3-5,7,9-10,12,18-19H,6,8,11,13-14H2,1-2H3,(H2,28,29,30,32,35). The number of aryl methyl sites for hydroxylation is 1. The van der Waals surface area contributed by atoms with Crippen molar-refractivity contribution in [2.45, 2.75) is 31.8 Å². The van der Waals surface area contributed by atoms with Crippen LogP contribution < -0.4 is 10.6 Å². The first-order chi connectivity index (χ1) is 16.9. The van der Waals surface area contributed by atoms with Crippen LogP contribution in [0.1, 0.15) is 18.5 Å². The fourth-order valence-corrected chi connectivity index (χ4v) is 4.98. The van der Waals surface area contributed by atoms with Crippen molar-refractivity contribution in [2.75, 3.05) is 37.3 Å². The average molecular weight is 496 g/mol. The highest BCUT2D eigenvalue weighted by atomic mass is 35.5. The van der Waals surface area contributed by atoms with Crippen LogP contribution in [0.2, 0.25) is 5.02 Å². The molecular formula is C25H27ClFN7O. The third-order valence-corrected chi connectivity index (χ3v) is 6.98. The summed E-state index contributed by atoms with van der Waals surface area (Å²) in [5.41, 5.74) is 2.65. The van der Waals surface area contributed by atoms with Crippen molar-refractivity contribution in [2.24, 2.45) is 0 Å². The molecule has 0 spiro atoms. The van der Waals surface area contributed by atoms with E-state index in [1.54, 1.807) is 31.3 Å². The van der Waals surface area contributed by atoms with Gasteiger partial charge in [0.15, 0.2) is 0 Å².